The van der Waals surface area contributed by atoms with Gasteiger partial charge >= 0.3 is 0 Å². The first-order valence-corrected chi connectivity index (χ1v) is 8.85. The van der Waals surface area contributed by atoms with Gasteiger partial charge in [0, 0.05) is 22.9 Å². The highest BCUT2D eigenvalue weighted by Gasteiger charge is 2.12. The molecule has 7 heteroatoms. The van der Waals surface area contributed by atoms with Gasteiger partial charge in [0.15, 0.2) is 0 Å². The van der Waals surface area contributed by atoms with E-state index in [4.69, 9.17) is 11.6 Å². The van der Waals surface area contributed by atoms with E-state index < -0.39 is 4.92 Å². The summed E-state index contributed by atoms with van der Waals surface area (Å²) in [6.07, 6.45) is 0. The Morgan fingerprint density at radius 3 is 2.54 bits per heavy atom. The number of amides is 1. The van der Waals surface area contributed by atoms with Gasteiger partial charge < -0.3 is 5.32 Å². The van der Waals surface area contributed by atoms with Crippen LogP contribution < -0.4 is 5.32 Å². The number of carbonyl (C=O) groups excluding carboxylic acids is 1. The first-order valence-electron chi connectivity index (χ1n) is 7.32. The quantitative estimate of drug-likeness (QED) is 0.585. The Balaban J connectivity index is 1.79. The van der Waals surface area contributed by atoms with Crippen molar-refractivity contribution in [1.29, 1.82) is 0 Å². The first kappa shape index (κ1) is 18.3. The van der Waals surface area contributed by atoms with Crippen LogP contribution in [0.1, 0.15) is 24.1 Å². The Hall–Kier alpha value is -2.05. The Labute approximate surface area is 149 Å². The lowest BCUT2D eigenvalue weighted by atomic mass is 10.1. The van der Waals surface area contributed by atoms with Crippen molar-refractivity contribution in [1.82, 2.24) is 5.32 Å². The molecule has 0 aliphatic carbocycles. The SMILES string of the molecule is C[C@H](NC(=O)CSCc1ccc([N+](=O)[O-])cc1)c1ccccc1Cl. The third-order valence-corrected chi connectivity index (χ3v) is 4.75. The van der Waals surface area contributed by atoms with Gasteiger partial charge in [-0.3, -0.25) is 14.9 Å². The number of nitro groups is 1. The molecule has 0 radical (unpaired) electrons. The predicted octanol–water partition coefficient (Wildman–Crippen LogP) is 4.36. The van der Waals surface area contributed by atoms with Crippen molar-refractivity contribution in [2.45, 2.75) is 18.7 Å². The third-order valence-electron chi connectivity index (χ3n) is 3.40. The van der Waals surface area contributed by atoms with Gasteiger partial charge in [-0.05, 0) is 24.1 Å². The Morgan fingerprint density at radius 2 is 1.92 bits per heavy atom. The summed E-state index contributed by atoms with van der Waals surface area (Å²) in [5, 5.41) is 14.1. The summed E-state index contributed by atoms with van der Waals surface area (Å²) in [4.78, 5) is 22.2. The molecule has 2 rings (SSSR count). The van der Waals surface area contributed by atoms with E-state index in [-0.39, 0.29) is 17.6 Å². The summed E-state index contributed by atoms with van der Waals surface area (Å²) >= 11 is 7.57. The average molecular weight is 365 g/mol. The van der Waals surface area contributed by atoms with Crippen LogP contribution in [0.3, 0.4) is 0 Å². The van der Waals surface area contributed by atoms with Crippen molar-refractivity contribution in [3.8, 4) is 0 Å². The Bertz CT molecular complexity index is 722. The molecular formula is C17H17ClN2O3S. The van der Waals surface area contributed by atoms with E-state index >= 15 is 0 Å². The second-order valence-electron chi connectivity index (χ2n) is 5.23. The second-order valence-corrected chi connectivity index (χ2v) is 6.62. The number of nitrogens with one attached hydrogen (secondary N) is 1. The summed E-state index contributed by atoms with van der Waals surface area (Å²) in [5.41, 5.74) is 1.89. The van der Waals surface area contributed by atoms with Gasteiger partial charge in [0.25, 0.3) is 5.69 Å². The minimum absolute atomic E-state index is 0.0649. The lowest BCUT2D eigenvalue weighted by molar-refractivity contribution is -0.384. The minimum atomic E-state index is -0.430. The molecule has 0 aliphatic rings. The fraction of sp³-hybridized carbons (Fsp3) is 0.235. The van der Waals surface area contributed by atoms with Crippen LogP contribution in [-0.4, -0.2) is 16.6 Å². The molecule has 0 fully saturated rings. The molecule has 126 valence electrons. The van der Waals surface area contributed by atoms with E-state index in [1.54, 1.807) is 18.2 Å². The Kier molecular flexibility index (Phi) is 6.63. The zero-order chi connectivity index (χ0) is 17.5. The molecule has 0 spiro atoms. The first-order chi connectivity index (χ1) is 11.5. The van der Waals surface area contributed by atoms with Gasteiger partial charge in [-0.1, -0.05) is 41.9 Å². The fourth-order valence-corrected chi connectivity index (χ4v) is 3.26. The number of benzene rings is 2. The maximum Gasteiger partial charge on any atom is 0.269 e. The van der Waals surface area contributed by atoms with E-state index in [1.165, 1.54) is 23.9 Å². The molecule has 0 aliphatic heterocycles. The molecule has 0 bridgehead atoms. The van der Waals surface area contributed by atoms with E-state index in [1.807, 2.05) is 25.1 Å². The molecule has 5 nitrogen and oxygen atoms in total. The number of rotatable bonds is 7. The van der Waals surface area contributed by atoms with Crippen LogP contribution >= 0.6 is 23.4 Å². The van der Waals surface area contributed by atoms with Crippen molar-refractivity contribution in [3.05, 3.63) is 74.8 Å². The van der Waals surface area contributed by atoms with Gasteiger partial charge in [-0.2, -0.15) is 0 Å². The van der Waals surface area contributed by atoms with Gasteiger partial charge in [-0.15, -0.1) is 11.8 Å². The Morgan fingerprint density at radius 1 is 1.25 bits per heavy atom. The zero-order valence-corrected chi connectivity index (χ0v) is 14.6. The standard InChI is InChI=1S/C17H17ClN2O3S/c1-12(15-4-2-3-5-16(15)18)19-17(21)11-24-10-13-6-8-14(9-7-13)20(22)23/h2-9,12H,10-11H2,1H3,(H,19,21)/t12-/m0/s1. The van der Waals surface area contributed by atoms with Crippen LogP contribution in [0.2, 0.25) is 5.02 Å². The normalized spacial score (nSPS) is 11.8. The van der Waals surface area contributed by atoms with Crippen molar-refractivity contribution >= 4 is 35.0 Å². The summed E-state index contributed by atoms with van der Waals surface area (Å²) in [6, 6.07) is 13.6. The molecule has 1 amide bonds. The van der Waals surface area contributed by atoms with E-state index in [9.17, 15) is 14.9 Å². The van der Waals surface area contributed by atoms with Crippen LogP contribution in [0, 0.1) is 10.1 Å². The summed E-state index contributed by atoms with van der Waals surface area (Å²) in [5.74, 6) is 0.854. The van der Waals surface area contributed by atoms with E-state index in [0.29, 0.717) is 16.5 Å². The number of carbonyl (C=O) groups is 1. The highest BCUT2D eigenvalue weighted by atomic mass is 35.5. The van der Waals surface area contributed by atoms with Crippen LogP contribution in [-0.2, 0) is 10.5 Å². The van der Waals surface area contributed by atoms with Crippen LogP contribution in [0.25, 0.3) is 0 Å². The summed E-state index contributed by atoms with van der Waals surface area (Å²) < 4.78 is 0. The molecule has 0 saturated heterocycles. The predicted molar refractivity (Wildman–Crippen MR) is 97.3 cm³/mol. The van der Waals surface area contributed by atoms with E-state index in [0.717, 1.165) is 11.1 Å². The largest absolute Gasteiger partial charge is 0.349 e. The number of nitro benzene ring substituents is 1. The molecule has 2 aromatic carbocycles. The third kappa shape index (κ3) is 5.25. The number of hydrogen-bond acceptors (Lipinski definition) is 4. The van der Waals surface area contributed by atoms with Crippen LogP contribution in [0.15, 0.2) is 48.5 Å². The van der Waals surface area contributed by atoms with E-state index in [2.05, 4.69) is 5.32 Å². The zero-order valence-electron chi connectivity index (χ0n) is 13.1. The van der Waals surface area contributed by atoms with Gasteiger partial charge in [-0.25, -0.2) is 0 Å². The smallest absolute Gasteiger partial charge is 0.269 e. The number of thioether (sulfide) groups is 1. The van der Waals surface area contributed by atoms with Gasteiger partial charge in [0.05, 0.1) is 16.7 Å². The highest BCUT2D eigenvalue weighted by molar-refractivity contribution is 7.99. The molecule has 2 aromatic rings. The molecule has 0 heterocycles. The average Bonchev–Trinajstić information content (AvgIpc) is 2.55. The number of halogens is 1. The fourth-order valence-electron chi connectivity index (χ4n) is 2.16. The minimum Gasteiger partial charge on any atom is -0.349 e. The number of non-ortho nitro benzene ring substituents is 1. The number of hydrogen-bond donors (Lipinski definition) is 1. The maximum absolute atomic E-state index is 12.0. The maximum atomic E-state index is 12.0. The summed E-state index contributed by atoms with van der Waals surface area (Å²) in [7, 11) is 0. The highest BCUT2D eigenvalue weighted by Crippen LogP contribution is 2.22. The van der Waals surface area contributed by atoms with Crippen LogP contribution in [0.4, 0.5) is 5.69 Å². The molecule has 1 N–H and O–H groups in total. The van der Waals surface area contributed by atoms with Crippen molar-refractivity contribution in [3.63, 3.8) is 0 Å². The van der Waals surface area contributed by atoms with Crippen molar-refractivity contribution in [2.24, 2.45) is 0 Å². The lowest BCUT2D eigenvalue weighted by Crippen LogP contribution is -2.28. The van der Waals surface area contributed by atoms with Gasteiger partial charge in [0.2, 0.25) is 5.91 Å². The molecule has 24 heavy (non-hydrogen) atoms. The van der Waals surface area contributed by atoms with Gasteiger partial charge in [0.1, 0.15) is 0 Å². The molecular weight excluding hydrogens is 348 g/mol. The molecule has 0 saturated carbocycles. The second kappa shape index (κ2) is 8.70. The molecule has 0 aromatic heterocycles. The number of nitrogens with zero attached hydrogens (tertiary/aromatic N) is 1. The van der Waals surface area contributed by atoms with Crippen molar-refractivity contribution in [2.75, 3.05) is 5.75 Å². The lowest BCUT2D eigenvalue weighted by Gasteiger charge is -2.15. The molecule has 0 unspecified atom stereocenters. The molecule has 1 atom stereocenters. The van der Waals surface area contributed by atoms with Crippen LogP contribution in [0.5, 0.6) is 0 Å². The van der Waals surface area contributed by atoms with Crippen molar-refractivity contribution < 1.29 is 9.72 Å². The summed E-state index contributed by atoms with van der Waals surface area (Å²) in [6.45, 7) is 1.89. The monoisotopic (exact) mass is 364 g/mol. The topological polar surface area (TPSA) is 72.2 Å².